The van der Waals surface area contributed by atoms with Crippen LogP contribution >= 0.6 is 0 Å². The van der Waals surface area contributed by atoms with Gasteiger partial charge in [-0.2, -0.15) is 0 Å². The van der Waals surface area contributed by atoms with Crippen molar-refractivity contribution in [1.82, 2.24) is 0 Å². The molecule has 6 nitrogen and oxygen atoms in total. The third kappa shape index (κ3) is 9.37. The van der Waals surface area contributed by atoms with E-state index in [1.54, 1.807) is 0 Å². The average Bonchev–Trinajstić information content (AvgIpc) is 3.04. The molecular formula is C38H42O6. The fraction of sp³-hybridized carbons (Fsp3) is 0.316. The van der Waals surface area contributed by atoms with E-state index in [4.69, 9.17) is 19.7 Å². The van der Waals surface area contributed by atoms with Crippen molar-refractivity contribution in [2.75, 3.05) is 26.4 Å². The molecule has 0 radical (unpaired) electrons. The lowest BCUT2D eigenvalue weighted by Crippen LogP contribution is -2.12. The van der Waals surface area contributed by atoms with E-state index in [1.165, 1.54) is 35.6 Å². The number of esters is 2. The molecule has 0 amide bonds. The first-order valence-corrected chi connectivity index (χ1v) is 15.4. The number of carbonyl (C=O) groups excluding carboxylic acids is 2. The minimum Gasteiger partial charge on any atom is -0.465 e. The maximum atomic E-state index is 11.9. The first-order chi connectivity index (χ1) is 21.4. The number of carbonyl (C=O) groups is 2. The number of rotatable bonds is 16. The van der Waals surface area contributed by atoms with Gasteiger partial charge in [-0.25, -0.2) is 4.79 Å². The van der Waals surface area contributed by atoms with Crippen LogP contribution < -0.4 is 0 Å². The van der Waals surface area contributed by atoms with Gasteiger partial charge in [0.05, 0.1) is 38.4 Å². The SMILES string of the molecule is C=C(CO)C(=O)OCCc1cc(CCOC(=O)CCO)cc(-c2ccc(-c3ccc4cc(CCCCC)ccc4c3)cc2)c1. The maximum absolute atomic E-state index is 11.9. The van der Waals surface area contributed by atoms with Crippen LogP contribution in [0.5, 0.6) is 0 Å². The van der Waals surface area contributed by atoms with Gasteiger partial charge in [0.15, 0.2) is 0 Å². The molecule has 6 heteroatoms. The fourth-order valence-electron chi connectivity index (χ4n) is 5.16. The second kappa shape index (κ2) is 16.6. The Balaban J connectivity index is 1.51. The summed E-state index contributed by atoms with van der Waals surface area (Å²) in [7, 11) is 0. The monoisotopic (exact) mass is 594 g/mol. The lowest BCUT2D eigenvalue weighted by Gasteiger charge is -2.12. The number of aliphatic hydroxyl groups is 2. The molecule has 0 bridgehead atoms. The predicted molar refractivity (Wildman–Crippen MR) is 175 cm³/mol. The van der Waals surface area contributed by atoms with E-state index in [-0.39, 0.29) is 31.8 Å². The molecule has 0 fully saturated rings. The van der Waals surface area contributed by atoms with Gasteiger partial charge < -0.3 is 19.7 Å². The molecule has 0 atom stereocenters. The van der Waals surface area contributed by atoms with Crippen LogP contribution in [0.2, 0.25) is 0 Å². The zero-order valence-electron chi connectivity index (χ0n) is 25.5. The van der Waals surface area contributed by atoms with Gasteiger partial charge in [-0.05, 0) is 68.6 Å². The molecule has 44 heavy (non-hydrogen) atoms. The molecule has 230 valence electrons. The van der Waals surface area contributed by atoms with Crippen LogP contribution in [0.15, 0.2) is 91.0 Å². The Morgan fingerprint density at radius 3 is 1.93 bits per heavy atom. The Kier molecular flexibility index (Phi) is 12.3. The first-order valence-electron chi connectivity index (χ1n) is 15.4. The zero-order chi connectivity index (χ0) is 31.3. The standard InChI is InChI=1S/C38H42O6/c1-3-4-5-6-28-7-8-35-25-34(14-13-33(35)22-28)31-9-11-32(12-10-31)36-23-29(16-19-43-37(41)15-18-39)21-30(24-36)17-20-44-38(42)27(2)26-40/h7-14,21-25,39-40H,2-6,15-20,26H2,1H3. The highest BCUT2D eigenvalue weighted by Gasteiger charge is 2.10. The predicted octanol–water partition coefficient (Wildman–Crippen LogP) is 7.01. The van der Waals surface area contributed by atoms with Crippen molar-refractivity contribution in [3.8, 4) is 22.3 Å². The van der Waals surface area contributed by atoms with Crippen LogP contribution in [0, 0.1) is 0 Å². The van der Waals surface area contributed by atoms with E-state index in [1.807, 2.05) is 6.07 Å². The number of hydrogen-bond donors (Lipinski definition) is 2. The number of aryl methyl sites for hydroxylation is 1. The first kappa shape index (κ1) is 32.6. The summed E-state index contributed by atoms with van der Waals surface area (Å²) in [6.45, 7) is 5.40. The molecule has 4 rings (SSSR count). The number of hydrogen-bond acceptors (Lipinski definition) is 6. The minimum atomic E-state index is -0.614. The van der Waals surface area contributed by atoms with Gasteiger partial charge in [0.2, 0.25) is 0 Å². The molecule has 0 aromatic heterocycles. The van der Waals surface area contributed by atoms with Crippen LogP contribution in [0.25, 0.3) is 33.0 Å². The summed E-state index contributed by atoms with van der Waals surface area (Å²) in [4.78, 5) is 23.6. The lowest BCUT2D eigenvalue weighted by molar-refractivity contribution is -0.144. The molecule has 0 aliphatic carbocycles. The van der Waals surface area contributed by atoms with Gasteiger partial charge in [0, 0.05) is 12.8 Å². The topological polar surface area (TPSA) is 93.1 Å². The fourth-order valence-corrected chi connectivity index (χ4v) is 5.16. The van der Waals surface area contributed by atoms with Crippen LogP contribution in [-0.4, -0.2) is 48.6 Å². The van der Waals surface area contributed by atoms with Crippen molar-refractivity contribution >= 4 is 22.7 Å². The van der Waals surface area contributed by atoms with Crippen molar-refractivity contribution in [2.24, 2.45) is 0 Å². The van der Waals surface area contributed by atoms with Crippen molar-refractivity contribution in [3.05, 3.63) is 108 Å². The molecule has 0 spiro atoms. The Morgan fingerprint density at radius 1 is 0.659 bits per heavy atom. The van der Waals surface area contributed by atoms with E-state index in [0.717, 1.165) is 39.8 Å². The number of benzene rings is 4. The number of fused-ring (bicyclic) bond motifs is 1. The molecule has 0 heterocycles. The summed E-state index contributed by atoms with van der Waals surface area (Å²) in [6, 6.07) is 28.0. The Labute approximate surface area is 260 Å². The quantitative estimate of drug-likeness (QED) is 0.0824. The summed E-state index contributed by atoms with van der Waals surface area (Å²) < 4.78 is 10.5. The highest BCUT2D eigenvalue weighted by atomic mass is 16.5. The molecule has 4 aromatic rings. The van der Waals surface area contributed by atoms with E-state index in [9.17, 15) is 9.59 Å². The third-order valence-electron chi connectivity index (χ3n) is 7.65. The second-order valence-corrected chi connectivity index (χ2v) is 11.1. The van der Waals surface area contributed by atoms with E-state index < -0.39 is 18.5 Å². The Bertz CT molecular complexity index is 1570. The largest absolute Gasteiger partial charge is 0.465 e. The zero-order valence-corrected chi connectivity index (χ0v) is 25.5. The van der Waals surface area contributed by atoms with Gasteiger partial charge >= 0.3 is 11.9 Å². The number of aliphatic hydroxyl groups excluding tert-OH is 2. The summed E-state index contributed by atoms with van der Waals surface area (Å²) in [6.07, 6.45) is 5.79. The van der Waals surface area contributed by atoms with E-state index in [0.29, 0.717) is 12.8 Å². The van der Waals surface area contributed by atoms with E-state index in [2.05, 4.69) is 86.3 Å². The molecule has 0 unspecified atom stereocenters. The van der Waals surface area contributed by atoms with Gasteiger partial charge in [0.1, 0.15) is 0 Å². The molecule has 0 aliphatic heterocycles. The van der Waals surface area contributed by atoms with Crippen LogP contribution in [0.4, 0.5) is 0 Å². The molecule has 0 aliphatic rings. The number of ether oxygens (including phenoxy) is 2. The normalized spacial score (nSPS) is 11.0. The molecule has 0 saturated carbocycles. The van der Waals surface area contributed by atoms with E-state index >= 15 is 0 Å². The number of unbranched alkanes of at least 4 members (excludes halogenated alkanes) is 2. The van der Waals surface area contributed by atoms with Crippen molar-refractivity contribution in [2.45, 2.75) is 51.9 Å². The van der Waals surface area contributed by atoms with Crippen LogP contribution in [-0.2, 0) is 38.3 Å². The van der Waals surface area contributed by atoms with Crippen molar-refractivity contribution < 1.29 is 29.3 Å². The summed E-state index contributed by atoms with van der Waals surface area (Å²) in [5, 5.41) is 20.5. The van der Waals surface area contributed by atoms with Gasteiger partial charge in [-0.15, -0.1) is 0 Å². The maximum Gasteiger partial charge on any atom is 0.335 e. The van der Waals surface area contributed by atoms with Crippen LogP contribution in [0.1, 0.15) is 49.3 Å². The van der Waals surface area contributed by atoms with Gasteiger partial charge in [0.25, 0.3) is 0 Å². The summed E-state index contributed by atoms with van der Waals surface area (Å²) in [5.74, 6) is -1.05. The Morgan fingerprint density at radius 2 is 1.27 bits per heavy atom. The molecule has 2 N–H and O–H groups in total. The van der Waals surface area contributed by atoms with Gasteiger partial charge in [-0.1, -0.05) is 99.1 Å². The van der Waals surface area contributed by atoms with Gasteiger partial charge in [-0.3, -0.25) is 4.79 Å². The van der Waals surface area contributed by atoms with Crippen molar-refractivity contribution in [1.29, 1.82) is 0 Å². The second-order valence-electron chi connectivity index (χ2n) is 11.1. The highest BCUT2D eigenvalue weighted by molar-refractivity contribution is 5.88. The molecular weight excluding hydrogens is 552 g/mol. The smallest absolute Gasteiger partial charge is 0.335 e. The lowest BCUT2D eigenvalue weighted by atomic mass is 9.95. The van der Waals surface area contributed by atoms with Crippen LogP contribution in [0.3, 0.4) is 0 Å². The minimum absolute atomic E-state index is 0.0165. The Hall–Kier alpha value is -4.26. The highest BCUT2D eigenvalue weighted by Crippen LogP contribution is 2.29. The summed E-state index contributed by atoms with van der Waals surface area (Å²) >= 11 is 0. The summed E-state index contributed by atoms with van der Waals surface area (Å²) in [5.41, 5.74) is 7.69. The average molecular weight is 595 g/mol. The van der Waals surface area contributed by atoms with Crippen molar-refractivity contribution in [3.63, 3.8) is 0 Å². The molecule has 4 aromatic carbocycles. The third-order valence-corrected chi connectivity index (χ3v) is 7.65. The molecule has 0 saturated heterocycles.